The van der Waals surface area contributed by atoms with Crippen LogP contribution in [-0.4, -0.2) is 27.6 Å². The number of carbonyl (C=O) groups is 2. The third-order valence-electron chi connectivity index (χ3n) is 2.78. The van der Waals surface area contributed by atoms with Gasteiger partial charge in [-0.05, 0) is 12.8 Å². The first-order valence-corrected chi connectivity index (χ1v) is 6.56. The number of carboxylic acids is 2. The SMILES string of the molecule is O.O=C(O)CCCCCCCCCCCC(=O)O. The van der Waals surface area contributed by atoms with Crippen molar-refractivity contribution in [1.82, 2.24) is 0 Å². The molecule has 18 heavy (non-hydrogen) atoms. The molecule has 108 valence electrons. The Morgan fingerprint density at radius 1 is 0.556 bits per heavy atom. The topological polar surface area (TPSA) is 106 Å². The van der Waals surface area contributed by atoms with Gasteiger partial charge >= 0.3 is 11.9 Å². The second-order valence-electron chi connectivity index (χ2n) is 4.47. The summed E-state index contributed by atoms with van der Waals surface area (Å²) in [5.41, 5.74) is 0. The van der Waals surface area contributed by atoms with Crippen molar-refractivity contribution >= 4 is 11.9 Å². The minimum atomic E-state index is -0.705. The van der Waals surface area contributed by atoms with E-state index in [0.29, 0.717) is 0 Å². The summed E-state index contributed by atoms with van der Waals surface area (Å²) in [5, 5.41) is 16.9. The molecule has 5 heteroatoms. The first-order valence-electron chi connectivity index (χ1n) is 6.56. The van der Waals surface area contributed by atoms with E-state index in [-0.39, 0.29) is 18.3 Å². The fraction of sp³-hybridized carbons (Fsp3) is 0.846. The lowest BCUT2D eigenvalue weighted by Gasteiger charge is -2.01. The highest BCUT2D eigenvalue weighted by Gasteiger charge is 1.98. The zero-order valence-corrected chi connectivity index (χ0v) is 11.0. The van der Waals surface area contributed by atoms with Crippen LogP contribution in [0.15, 0.2) is 0 Å². The molecule has 0 aliphatic carbocycles. The molecular weight excluding hydrogens is 236 g/mol. The van der Waals surface area contributed by atoms with Crippen LogP contribution in [0.4, 0.5) is 0 Å². The predicted octanol–water partition coefficient (Wildman–Crippen LogP) is 2.62. The quantitative estimate of drug-likeness (QED) is 0.527. The molecule has 0 fully saturated rings. The van der Waals surface area contributed by atoms with E-state index >= 15 is 0 Å². The number of rotatable bonds is 12. The summed E-state index contributed by atoms with van der Waals surface area (Å²) < 4.78 is 0. The zero-order chi connectivity index (χ0) is 12.9. The van der Waals surface area contributed by atoms with E-state index in [2.05, 4.69) is 0 Å². The molecule has 0 aromatic rings. The molecule has 0 amide bonds. The van der Waals surface area contributed by atoms with Crippen LogP contribution >= 0.6 is 0 Å². The molecule has 0 radical (unpaired) electrons. The summed E-state index contributed by atoms with van der Waals surface area (Å²) in [6, 6.07) is 0. The molecule has 0 unspecified atom stereocenters. The van der Waals surface area contributed by atoms with Gasteiger partial charge in [0.2, 0.25) is 0 Å². The van der Waals surface area contributed by atoms with E-state index in [1.54, 1.807) is 0 Å². The molecule has 4 N–H and O–H groups in total. The molecular formula is C13H26O5. The van der Waals surface area contributed by atoms with Crippen LogP contribution in [0.1, 0.15) is 70.6 Å². The molecule has 5 nitrogen and oxygen atoms in total. The van der Waals surface area contributed by atoms with Gasteiger partial charge in [0.05, 0.1) is 0 Å². The smallest absolute Gasteiger partial charge is 0.303 e. The molecule has 0 bridgehead atoms. The molecule has 0 aliphatic rings. The van der Waals surface area contributed by atoms with Crippen LogP contribution in [0.3, 0.4) is 0 Å². The van der Waals surface area contributed by atoms with Gasteiger partial charge < -0.3 is 15.7 Å². The van der Waals surface area contributed by atoms with Crippen LogP contribution in [0.2, 0.25) is 0 Å². The highest BCUT2D eigenvalue weighted by atomic mass is 16.4. The van der Waals surface area contributed by atoms with E-state index in [0.717, 1.165) is 38.5 Å². The molecule has 0 aromatic heterocycles. The molecule has 0 atom stereocenters. The van der Waals surface area contributed by atoms with Crippen molar-refractivity contribution in [2.24, 2.45) is 0 Å². The number of carboxylic acid groups (broad SMARTS) is 2. The average Bonchev–Trinajstić information content (AvgIpc) is 2.25. The van der Waals surface area contributed by atoms with Gasteiger partial charge in [-0.25, -0.2) is 0 Å². The van der Waals surface area contributed by atoms with E-state index < -0.39 is 11.9 Å². The van der Waals surface area contributed by atoms with Crippen LogP contribution in [0, 0.1) is 0 Å². The standard InChI is InChI=1S/C13H24O4.H2O/c14-12(15)10-8-6-4-2-1-3-5-7-9-11-13(16)17;/h1-11H2,(H,14,15)(H,16,17);1H2. The van der Waals surface area contributed by atoms with Gasteiger partial charge in [-0.2, -0.15) is 0 Å². The monoisotopic (exact) mass is 262 g/mol. The summed E-state index contributed by atoms with van der Waals surface area (Å²) in [4.78, 5) is 20.5. The Morgan fingerprint density at radius 2 is 0.778 bits per heavy atom. The molecule has 0 saturated heterocycles. The van der Waals surface area contributed by atoms with Crippen LogP contribution in [0.5, 0.6) is 0 Å². The lowest BCUT2D eigenvalue weighted by molar-refractivity contribution is -0.138. The first kappa shape index (κ1) is 19.2. The maximum absolute atomic E-state index is 10.2. The highest BCUT2D eigenvalue weighted by molar-refractivity contribution is 5.66. The van der Waals surface area contributed by atoms with Gasteiger partial charge in [-0.3, -0.25) is 9.59 Å². The Hall–Kier alpha value is -1.10. The number of unbranched alkanes of at least 4 members (excludes halogenated alkanes) is 8. The number of hydrogen-bond donors (Lipinski definition) is 2. The second-order valence-corrected chi connectivity index (χ2v) is 4.47. The minimum Gasteiger partial charge on any atom is -0.481 e. The van der Waals surface area contributed by atoms with Gasteiger partial charge in [-0.1, -0.05) is 44.9 Å². The molecule has 0 heterocycles. The van der Waals surface area contributed by atoms with Gasteiger partial charge in [0, 0.05) is 12.8 Å². The van der Waals surface area contributed by atoms with Crippen LogP contribution in [-0.2, 0) is 9.59 Å². The molecule has 0 spiro atoms. The van der Waals surface area contributed by atoms with Crippen LogP contribution < -0.4 is 0 Å². The highest BCUT2D eigenvalue weighted by Crippen LogP contribution is 2.11. The first-order chi connectivity index (χ1) is 8.13. The van der Waals surface area contributed by atoms with E-state index in [4.69, 9.17) is 10.2 Å². The summed E-state index contributed by atoms with van der Waals surface area (Å²) in [7, 11) is 0. The molecule has 0 aromatic carbocycles. The molecule has 0 rings (SSSR count). The van der Waals surface area contributed by atoms with Crippen molar-refractivity contribution in [2.45, 2.75) is 70.6 Å². The summed E-state index contributed by atoms with van der Waals surface area (Å²) >= 11 is 0. The summed E-state index contributed by atoms with van der Waals surface area (Å²) in [5.74, 6) is -1.41. The van der Waals surface area contributed by atoms with Crippen molar-refractivity contribution in [2.75, 3.05) is 0 Å². The predicted molar refractivity (Wildman–Crippen MR) is 69.7 cm³/mol. The van der Waals surface area contributed by atoms with Gasteiger partial charge in [-0.15, -0.1) is 0 Å². The Bertz CT molecular complexity index is 193. The second kappa shape index (κ2) is 14.0. The van der Waals surface area contributed by atoms with E-state index in [1.807, 2.05) is 0 Å². The van der Waals surface area contributed by atoms with Crippen molar-refractivity contribution in [3.05, 3.63) is 0 Å². The molecule has 0 aliphatic heterocycles. The van der Waals surface area contributed by atoms with Gasteiger partial charge in [0.25, 0.3) is 0 Å². The minimum absolute atomic E-state index is 0. The normalized spacial score (nSPS) is 9.78. The zero-order valence-electron chi connectivity index (χ0n) is 11.0. The lowest BCUT2D eigenvalue weighted by Crippen LogP contribution is -1.94. The van der Waals surface area contributed by atoms with Gasteiger partial charge in [0.15, 0.2) is 0 Å². The van der Waals surface area contributed by atoms with Crippen molar-refractivity contribution < 1.29 is 25.3 Å². The maximum atomic E-state index is 10.2. The number of aliphatic carboxylic acids is 2. The van der Waals surface area contributed by atoms with E-state index in [1.165, 1.54) is 19.3 Å². The summed E-state index contributed by atoms with van der Waals surface area (Å²) in [6.07, 6.45) is 9.89. The third-order valence-corrected chi connectivity index (χ3v) is 2.78. The van der Waals surface area contributed by atoms with Crippen molar-refractivity contribution in [1.29, 1.82) is 0 Å². The van der Waals surface area contributed by atoms with Crippen molar-refractivity contribution in [3.63, 3.8) is 0 Å². The largest absolute Gasteiger partial charge is 0.481 e. The Kier molecular flexibility index (Phi) is 14.9. The Balaban J connectivity index is 0. The fourth-order valence-electron chi connectivity index (χ4n) is 1.79. The van der Waals surface area contributed by atoms with Crippen LogP contribution in [0.25, 0.3) is 0 Å². The maximum Gasteiger partial charge on any atom is 0.303 e. The average molecular weight is 262 g/mol. The molecule has 0 saturated carbocycles. The van der Waals surface area contributed by atoms with Crippen molar-refractivity contribution in [3.8, 4) is 0 Å². The summed E-state index contributed by atoms with van der Waals surface area (Å²) in [6.45, 7) is 0. The third kappa shape index (κ3) is 17.3. The van der Waals surface area contributed by atoms with Gasteiger partial charge in [0.1, 0.15) is 0 Å². The Labute approximate surface area is 109 Å². The number of hydrogen-bond acceptors (Lipinski definition) is 2. The fourth-order valence-corrected chi connectivity index (χ4v) is 1.79. The lowest BCUT2D eigenvalue weighted by atomic mass is 10.1. The van der Waals surface area contributed by atoms with E-state index in [9.17, 15) is 9.59 Å². The Morgan fingerprint density at radius 3 is 1.00 bits per heavy atom.